The van der Waals surface area contributed by atoms with Crippen LogP contribution < -0.4 is 4.90 Å². The molecular weight excluding hydrogens is 476 g/mol. The summed E-state index contributed by atoms with van der Waals surface area (Å²) in [6.07, 6.45) is -0.290. The zero-order valence-corrected chi connectivity index (χ0v) is 19.8. The minimum atomic E-state index is -0.879. The predicted octanol–water partition coefficient (Wildman–Crippen LogP) is 6.26. The number of amides is 1. The standard InChI is InChI=1S/C30H25F2NO4/c31-21-7-4-18(5-8-21)27(35)15-14-26-29(33(30(26)37)23-11-9-22(32)10-12-23)25-13-6-20(17-28(25)36)19-2-1-3-24(34)16-19/h1-13,16-17,26-27,29,34-36H,14-15H2/t26-,27+,29-/m1/s1. The zero-order valence-electron chi connectivity index (χ0n) is 19.8. The molecule has 0 spiro atoms. The first-order valence-corrected chi connectivity index (χ1v) is 12.0. The molecule has 1 heterocycles. The summed E-state index contributed by atoms with van der Waals surface area (Å²) < 4.78 is 26.8. The summed E-state index contributed by atoms with van der Waals surface area (Å²) in [6, 6.07) is 22.4. The van der Waals surface area contributed by atoms with Crippen LogP contribution in [0.1, 0.15) is 36.1 Å². The van der Waals surface area contributed by atoms with Crippen LogP contribution in [0, 0.1) is 17.6 Å². The minimum absolute atomic E-state index is 0.0189. The third-order valence-electron chi connectivity index (χ3n) is 6.85. The molecule has 0 aromatic heterocycles. The molecule has 4 aromatic rings. The second-order valence-electron chi connectivity index (χ2n) is 9.20. The highest BCUT2D eigenvalue weighted by molar-refractivity contribution is 6.03. The van der Waals surface area contributed by atoms with E-state index in [0.29, 0.717) is 28.8 Å². The van der Waals surface area contributed by atoms with Gasteiger partial charge in [0.2, 0.25) is 5.91 Å². The molecular formula is C30H25F2NO4. The lowest BCUT2D eigenvalue weighted by atomic mass is 9.77. The van der Waals surface area contributed by atoms with E-state index in [1.54, 1.807) is 36.4 Å². The van der Waals surface area contributed by atoms with Gasteiger partial charge in [0, 0.05) is 11.3 Å². The van der Waals surface area contributed by atoms with Crippen LogP contribution in [-0.2, 0) is 4.79 Å². The molecule has 3 N–H and O–H groups in total. The fourth-order valence-electron chi connectivity index (χ4n) is 4.92. The molecule has 37 heavy (non-hydrogen) atoms. The molecule has 0 bridgehead atoms. The molecule has 0 radical (unpaired) electrons. The first-order valence-electron chi connectivity index (χ1n) is 12.0. The lowest BCUT2D eigenvalue weighted by Crippen LogP contribution is -2.55. The molecule has 1 saturated heterocycles. The molecule has 0 saturated carbocycles. The van der Waals surface area contributed by atoms with Crippen LogP contribution in [0.3, 0.4) is 0 Å². The SMILES string of the molecule is O=C1[C@H](CC[C@H](O)c2ccc(F)cc2)[C@@H](c2ccc(-c3cccc(O)c3)cc2O)N1c1ccc(F)cc1. The van der Waals surface area contributed by atoms with Gasteiger partial charge in [-0.05, 0) is 84.1 Å². The normalized spacial score (nSPS) is 17.9. The Morgan fingerprint density at radius 2 is 1.46 bits per heavy atom. The summed E-state index contributed by atoms with van der Waals surface area (Å²) in [5.74, 6) is -1.46. The number of carbonyl (C=O) groups excluding carboxylic acids is 1. The highest BCUT2D eigenvalue weighted by atomic mass is 19.1. The Balaban J connectivity index is 1.44. The van der Waals surface area contributed by atoms with Gasteiger partial charge in [-0.1, -0.05) is 36.4 Å². The number of β-lactam (4-membered cyclic amide) rings is 1. The number of aliphatic hydroxyl groups is 1. The van der Waals surface area contributed by atoms with Crippen molar-refractivity contribution in [1.82, 2.24) is 0 Å². The van der Waals surface area contributed by atoms with Crippen molar-refractivity contribution >= 4 is 11.6 Å². The van der Waals surface area contributed by atoms with Crippen molar-refractivity contribution < 1.29 is 28.9 Å². The average molecular weight is 502 g/mol. The van der Waals surface area contributed by atoms with Gasteiger partial charge in [0.1, 0.15) is 23.1 Å². The monoisotopic (exact) mass is 501 g/mol. The quantitative estimate of drug-likeness (QED) is 0.261. The van der Waals surface area contributed by atoms with E-state index in [2.05, 4.69) is 0 Å². The molecule has 188 valence electrons. The molecule has 1 amide bonds. The van der Waals surface area contributed by atoms with E-state index < -0.39 is 29.7 Å². The van der Waals surface area contributed by atoms with E-state index in [1.807, 2.05) is 6.07 Å². The number of phenols is 2. The summed E-state index contributed by atoms with van der Waals surface area (Å²) in [7, 11) is 0. The van der Waals surface area contributed by atoms with Gasteiger partial charge in [0.25, 0.3) is 0 Å². The highest BCUT2D eigenvalue weighted by Gasteiger charge is 2.49. The molecule has 5 rings (SSSR count). The molecule has 3 atom stereocenters. The van der Waals surface area contributed by atoms with E-state index in [0.717, 1.165) is 5.56 Å². The molecule has 1 fully saturated rings. The van der Waals surface area contributed by atoms with Crippen molar-refractivity contribution in [2.75, 3.05) is 4.90 Å². The number of benzene rings is 4. The van der Waals surface area contributed by atoms with Crippen LogP contribution in [0.15, 0.2) is 91.0 Å². The van der Waals surface area contributed by atoms with E-state index in [9.17, 15) is 28.9 Å². The maximum Gasteiger partial charge on any atom is 0.233 e. The second kappa shape index (κ2) is 10.0. The number of aliphatic hydroxyl groups excluding tert-OH is 1. The number of aromatic hydroxyl groups is 2. The molecule has 7 heteroatoms. The van der Waals surface area contributed by atoms with E-state index in [4.69, 9.17) is 0 Å². The number of nitrogens with zero attached hydrogens (tertiary/aromatic N) is 1. The maximum atomic E-state index is 13.5. The topological polar surface area (TPSA) is 81.0 Å². The van der Waals surface area contributed by atoms with Gasteiger partial charge >= 0.3 is 0 Å². The van der Waals surface area contributed by atoms with Crippen LogP contribution in [0.4, 0.5) is 14.5 Å². The number of halogens is 2. The van der Waals surface area contributed by atoms with Crippen LogP contribution in [0.5, 0.6) is 11.5 Å². The maximum absolute atomic E-state index is 13.5. The fourth-order valence-corrected chi connectivity index (χ4v) is 4.92. The Hall–Kier alpha value is -4.23. The van der Waals surface area contributed by atoms with Crippen LogP contribution in [-0.4, -0.2) is 21.2 Å². The van der Waals surface area contributed by atoms with Gasteiger partial charge in [-0.25, -0.2) is 8.78 Å². The van der Waals surface area contributed by atoms with Gasteiger partial charge in [0.15, 0.2) is 0 Å². The number of hydrogen-bond acceptors (Lipinski definition) is 4. The second-order valence-corrected chi connectivity index (χ2v) is 9.20. The largest absolute Gasteiger partial charge is 0.508 e. The Morgan fingerprint density at radius 1 is 0.811 bits per heavy atom. The first kappa shape index (κ1) is 24.5. The van der Waals surface area contributed by atoms with Crippen molar-refractivity contribution in [3.05, 3.63) is 114 Å². The van der Waals surface area contributed by atoms with Gasteiger partial charge in [0.05, 0.1) is 18.1 Å². The van der Waals surface area contributed by atoms with Crippen molar-refractivity contribution in [2.24, 2.45) is 5.92 Å². The fraction of sp³-hybridized carbons (Fsp3) is 0.167. The average Bonchev–Trinajstić information content (AvgIpc) is 2.89. The molecule has 0 aliphatic carbocycles. The number of anilines is 1. The Morgan fingerprint density at radius 3 is 2.11 bits per heavy atom. The number of carbonyl (C=O) groups is 1. The third-order valence-corrected chi connectivity index (χ3v) is 6.85. The van der Waals surface area contributed by atoms with Gasteiger partial charge in [-0.3, -0.25) is 4.79 Å². The highest BCUT2D eigenvalue weighted by Crippen LogP contribution is 2.49. The van der Waals surface area contributed by atoms with E-state index >= 15 is 0 Å². The summed E-state index contributed by atoms with van der Waals surface area (Å²) in [6.45, 7) is 0. The zero-order chi connectivity index (χ0) is 26.1. The molecule has 1 aliphatic heterocycles. The summed E-state index contributed by atoms with van der Waals surface area (Å²) in [4.78, 5) is 14.8. The third kappa shape index (κ3) is 4.90. The summed E-state index contributed by atoms with van der Waals surface area (Å²) in [5, 5.41) is 31.4. The lowest BCUT2D eigenvalue weighted by molar-refractivity contribution is -0.131. The van der Waals surface area contributed by atoms with Crippen molar-refractivity contribution in [1.29, 1.82) is 0 Å². The lowest BCUT2D eigenvalue weighted by Gasteiger charge is -2.48. The van der Waals surface area contributed by atoms with E-state index in [1.165, 1.54) is 53.4 Å². The van der Waals surface area contributed by atoms with Crippen LogP contribution >= 0.6 is 0 Å². The predicted molar refractivity (Wildman–Crippen MR) is 136 cm³/mol. The molecule has 5 nitrogen and oxygen atoms in total. The van der Waals surface area contributed by atoms with E-state index in [-0.39, 0.29) is 23.8 Å². The van der Waals surface area contributed by atoms with Gasteiger partial charge < -0.3 is 20.2 Å². The summed E-state index contributed by atoms with van der Waals surface area (Å²) >= 11 is 0. The Kier molecular flexibility index (Phi) is 6.63. The summed E-state index contributed by atoms with van der Waals surface area (Å²) in [5.41, 5.74) is 3.00. The molecule has 4 aromatic carbocycles. The van der Waals surface area contributed by atoms with Crippen molar-refractivity contribution in [3.8, 4) is 22.6 Å². The van der Waals surface area contributed by atoms with Crippen LogP contribution in [0.25, 0.3) is 11.1 Å². The minimum Gasteiger partial charge on any atom is -0.508 e. The van der Waals surface area contributed by atoms with Gasteiger partial charge in [-0.15, -0.1) is 0 Å². The first-order chi connectivity index (χ1) is 17.8. The van der Waals surface area contributed by atoms with Crippen LogP contribution in [0.2, 0.25) is 0 Å². The number of phenolic OH excluding ortho intramolecular Hbond substituents is 2. The Bertz CT molecular complexity index is 1420. The Labute approximate surface area is 212 Å². The number of hydrogen-bond donors (Lipinski definition) is 3. The van der Waals surface area contributed by atoms with Gasteiger partial charge in [-0.2, -0.15) is 0 Å². The molecule has 0 unspecified atom stereocenters. The number of rotatable bonds is 7. The molecule has 1 aliphatic rings. The smallest absolute Gasteiger partial charge is 0.233 e. The van der Waals surface area contributed by atoms with Crippen molar-refractivity contribution in [2.45, 2.75) is 25.0 Å². The van der Waals surface area contributed by atoms with Crippen molar-refractivity contribution in [3.63, 3.8) is 0 Å².